The second kappa shape index (κ2) is 7.39. The van der Waals surface area contributed by atoms with Crippen molar-refractivity contribution >= 4 is 0 Å². The maximum absolute atomic E-state index is 9.76. The average molecular weight is 289 g/mol. The van der Waals surface area contributed by atoms with Crippen LogP contribution in [0.1, 0.15) is 37.7 Å². The van der Waals surface area contributed by atoms with Crippen molar-refractivity contribution in [2.45, 2.75) is 56.8 Å². The average Bonchev–Trinajstić information content (AvgIpc) is 2.95. The Morgan fingerprint density at radius 3 is 2.67 bits per heavy atom. The predicted octanol–water partition coefficient (Wildman–Crippen LogP) is 2.62. The fourth-order valence-corrected chi connectivity index (χ4v) is 3.73. The van der Waals surface area contributed by atoms with E-state index in [-0.39, 0.29) is 6.10 Å². The Morgan fingerprint density at radius 2 is 1.90 bits per heavy atom. The van der Waals surface area contributed by atoms with Gasteiger partial charge in [0.25, 0.3) is 0 Å². The molecule has 0 amide bonds. The molecule has 1 aromatic carbocycles. The van der Waals surface area contributed by atoms with Gasteiger partial charge in [-0.05, 0) is 31.2 Å². The van der Waals surface area contributed by atoms with Crippen LogP contribution in [0.4, 0.5) is 0 Å². The predicted molar refractivity (Wildman–Crippen MR) is 84.3 cm³/mol. The van der Waals surface area contributed by atoms with E-state index in [1.54, 1.807) is 0 Å². The molecule has 1 aliphatic heterocycles. The Bertz CT molecular complexity index is 422. The molecule has 1 saturated carbocycles. The highest BCUT2D eigenvalue weighted by Crippen LogP contribution is 2.28. The minimum absolute atomic E-state index is 0.128. The second-order valence-corrected chi connectivity index (χ2v) is 6.43. The van der Waals surface area contributed by atoms with Gasteiger partial charge in [-0.2, -0.15) is 0 Å². The Kier molecular flexibility index (Phi) is 5.28. The summed E-state index contributed by atoms with van der Waals surface area (Å²) in [6.07, 6.45) is 7.12. The lowest BCUT2D eigenvalue weighted by molar-refractivity contribution is -0.0316. The molecule has 0 radical (unpaired) electrons. The zero-order valence-corrected chi connectivity index (χ0v) is 12.8. The summed E-state index contributed by atoms with van der Waals surface area (Å²) in [5.74, 6) is 0. The number of ether oxygens (including phenoxy) is 1. The molecule has 116 valence electrons. The molecule has 1 aromatic rings. The van der Waals surface area contributed by atoms with Crippen molar-refractivity contribution in [1.82, 2.24) is 4.90 Å². The number of rotatable bonds is 5. The van der Waals surface area contributed by atoms with Crippen molar-refractivity contribution in [2.75, 3.05) is 19.7 Å². The highest BCUT2D eigenvalue weighted by molar-refractivity contribution is 5.14. The molecule has 3 nitrogen and oxygen atoms in total. The van der Waals surface area contributed by atoms with E-state index >= 15 is 0 Å². The van der Waals surface area contributed by atoms with Crippen LogP contribution in [0.5, 0.6) is 0 Å². The molecule has 1 N–H and O–H groups in total. The summed E-state index contributed by atoms with van der Waals surface area (Å²) in [6.45, 7) is 2.68. The van der Waals surface area contributed by atoms with Crippen molar-refractivity contribution in [3.63, 3.8) is 0 Å². The van der Waals surface area contributed by atoms with E-state index in [4.69, 9.17) is 4.74 Å². The van der Waals surface area contributed by atoms with Crippen LogP contribution in [0.3, 0.4) is 0 Å². The van der Waals surface area contributed by atoms with Crippen LogP contribution in [0.25, 0.3) is 0 Å². The lowest BCUT2D eigenvalue weighted by atomic mass is 9.91. The quantitative estimate of drug-likeness (QED) is 0.904. The number of β-amino-alcohol motifs (C(OH)–C–C–N with tert-alkyl or cyclic N) is 1. The first kappa shape index (κ1) is 15.0. The van der Waals surface area contributed by atoms with E-state index in [0.29, 0.717) is 12.1 Å². The van der Waals surface area contributed by atoms with Crippen molar-refractivity contribution in [2.24, 2.45) is 0 Å². The first-order valence-electron chi connectivity index (χ1n) is 8.40. The third-order valence-corrected chi connectivity index (χ3v) is 4.90. The smallest absolute Gasteiger partial charge is 0.0730 e. The molecule has 1 heterocycles. The van der Waals surface area contributed by atoms with Crippen LogP contribution < -0.4 is 0 Å². The summed E-state index contributed by atoms with van der Waals surface area (Å²) in [6, 6.07) is 11.1. The van der Waals surface area contributed by atoms with E-state index in [2.05, 4.69) is 35.2 Å². The summed E-state index contributed by atoms with van der Waals surface area (Å²) >= 11 is 0. The SMILES string of the molecule is OC1CCN([C@@H]2CCCC[C@H]2OCCc2ccccc2)C1. The van der Waals surface area contributed by atoms with Crippen LogP contribution in [-0.4, -0.2) is 48.0 Å². The molecule has 0 bridgehead atoms. The number of benzene rings is 1. The van der Waals surface area contributed by atoms with Gasteiger partial charge in [0.05, 0.1) is 18.8 Å². The molecule has 1 saturated heterocycles. The first-order chi connectivity index (χ1) is 10.3. The molecule has 1 aliphatic carbocycles. The normalized spacial score (nSPS) is 30.6. The summed E-state index contributed by atoms with van der Waals surface area (Å²) in [4.78, 5) is 2.46. The van der Waals surface area contributed by atoms with Gasteiger partial charge in [0.2, 0.25) is 0 Å². The van der Waals surface area contributed by atoms with Crippen molar-refractivity contribution < 1.29 is 9.84 Å². The molecule has 0 spiro atoms. The van der Waals surface area contributed by atoms with Gasteiger partial charge in [0.15, 0.2) is 0 Å². The zero-order valence-electron chi connectivity index (χ0n) is 12.8. The Morgan fingerprint density at radius 1 is 1.10 bits per heavy atom. The van der Waals surface area contributed by atoms with Gasteiger partial charge in [-0.3, -0.25) is 4.90 Å². The van der Waals surface area contributed by atoms with Gasteiger partial charge in [-0.15, -0.1) is 0 Å². The molecule has 0 aromatic heterocycles. The maximum Gasteiger partial charge on any atom is 0.0730 e. The van der Waals surface area contributed by atoms with Crippen LogP contribution in [0, 0.1) is 0 Å². The topological polar surface area (TPSA) is 32.7 Å². The van der Waals surface area contributed by atoms with E-state index in [1.165, 1.54) is 31.2 Å². The van der Waals surface area contributed by atoms with Gasteiger partial charge < -0.3 is 9.84 Å². The standard InChI is InChI=1S/C18H27NO2/c20-16-10-12-19(14-16)17-8-4-5-9-18(17)21-13-11-15-6-2-1-3-7-15/h1-3,6-7,16-18,20H,4-5,8-14H2/t16?,17-,18-/m1/s1. The second-order valence-electron chi connectivity index (χ2n) is 6.43. The van der Waals surface area contributed by atoms with Crippen LogP contribution in [0.15, 0.2) is 30.3 Å². The summed E-state index contributed by atoms with van der Waals surface area (Å²) in [5, 5.41) is 9.76. The van der Waals surface area contributed by atoms with E-state index < -0.39 is 0 Å². The fourth-order valence-electron chi connectivity index (χ4n) is 3.73. The fraction of sp³-hybridized carbons (Fsp3) is 0.667. The van der Waals surface area contributed by atoms with Crippen molar-refractivity contribution in [3.05, 3.63) is 35.9 Å². The first-order valence-corrected chi connectivity index (χ1v) is 8.40. The van der Waals surface area contributed by atoms with Crippen LogP contribution >= 0.6 is 0 Å². The number of aliphatic hydroxyl groups excluding tert-OH is 1. The zero-order chi connectivity index (χ0) is 14.5. The van der Waals surface area contributed by atoms with Gasteiger partial charge >= 0.3 is 0 Å². The van der Waals surface area contributed by atoms with Gasteiger partial charge in [0, 0.05) is 19.1 Å². The molecule has 21 heavy (non-hydrogen) atoms. The molecular weight excluding hydrogens is 262 g/mol. The molecule has 2 fully saturated rings. The van der Waals surface area contributed by atoms with Crippen LogP contribution in [-0.2, 0) is 11.2 Å². The van der Waals surface area contributed by atoms with Gasteiger partial charge in [-0.1, -0.05) is 43.2 Å². The lowest BCUT2D eigenvalue weighted by Crippen LogP contribution is -2.46. The monoisotopic (exact) mass is 289 g/mol. The van der Waals surface area contributed by atoms with Crippen molar-refractivity contribution in [3.8, 4) is 0 Å². The Hall–Kier alpha value is -0.900. The molecule has 3 heteroatoms. The maximum atomic E-state index is 9.76. The molecular formula is C18H27NO2. The number of nitrogens with zero attached hydrogens (tertiary/aromatic N) is 1. The third-order valence-electron chi connectivity index (χ3n) is 4.90. The van der Waals surface area contributed by atoms with Gasteiger partial charge in [-0.25, -0.2) is 0 Å². The number of hydrogen-bond donors (Lipinski definition) is 1. The third kappa shape index (κ3) is 4.06. The Labute approximate surface area is 127 Å². The molecule has 1 unspecified atom stereocenters. The summed E-state index contributed by atoms with van der Waals surface area (Å²) in [5.41, 5.74) is 1.35. The molecule has 3 atom stereocenters. The van der Waals surface area contributed by atoms with E-state index in [9.17, 15) is 5.11 Å². The summed E-state index contributed by atoms with van der Waals surface area (Å²) < 4.78 is 6.22. The van der Waals surface area contributed by atoms with E-state index in [0.717, 1.165) is 32.5 Å². The largest absolute Gasteiger partial charge is 0.392 e. The highest BCUT2D eigenvalue weighted by Gasteiger charge is 2.34. The molecule has 3 rings (SSSR count). The summed E-state index contributed by atoms with van der Waals surface area (Å²) in [7, 11) is 0. The minimum Gasteiger partial charge on any atom is -0.392 e. The lowest BCUT2D eigenvalue weighted by Gasteiger charge is -2.37. The van der Waals surface area contributed by atoms with Crippen LogP contribution in [0.2, 0.25) is 0 Å². The van der Waals surface area contributed by atoms with E-state index in [1.807, 2.05) is 0 Å². The highest BCUT2D eigenvalue weighted by atomic mass is 16.5. The van der Waals surface area contributed by atoms with Crippen molar-refractivity contribution in [1.29, 1.82) is 0 Å². The van der Waals surface area contributed by atoms with Gasteiger partial charge in [0.1, 0.15) is 0 Å². The molecule has 2 aliphatic rings. The number of likely N-dealkylation sites (tertiary alicyclic amines) is 1. The number of hydrogen-bond acceptors (Lipinski definition) is 3. The minimum atomic E-state index is -0.128. The Balaban J connectivity index is 1.50. The number of aliphatic hydroxyl groups is 1.